The Bertz CT molecular complexity index is 470. The van der Waals surface area contributed by atoms with E-state index in [0.717, 1.165) is 30.8 Å². The van der Waals surface area contributed by atoms with Gasteiger partial charge in [-0.1, -0.05) is 6.92 Å². The molecule has 0 aromatic carbocycles. The van der Waals surface area contributed by atoms with Gasteiger partial charge in [0.15, 0.2) is 5.78 Å². The molecule has 1 aromatic heterocycles. The summed E-state index contributed by atoms with van der Waals surface area (Å²) in [7, 11) is 1.82. The van der Waals surface area contributed by atoms with Gasteiger partial charge in [0.2, 0.25) is 5.91 Å². The third kappa shape index (κ3) is 3.64. The fourth-order valence-electron chi connectivity index (χ4n) is 2.18. The molecular weight excluding hydrogens is 260 g/mol. The minimum Gasteiger partial charge on any atom is -0.345 e. The smallest absolute Gasteiger partial charge is 0.236 e. The molecule has 0 N–H and O–H groups in total. The summed E-state index contributed by atoms with van der Waals surface area (Å²) in [5, 5.41) is 0. The molecule has 104 valence electrons. The quantitative estimate of drug-likeness (QED) is 0.788. The molecule has 4 nitrogen and oxygen atoms in total. The van der Waals surface area contributed by atoms with Crippen molar-refractivity contribution in [1.82, 2.24) is 9.80 Å². The van der Waals surface area contributed by atoms with Crippen LogP contribution in [-0.4, -0.2) is 54.7 Å². The van der Waals surface area contributed by atoms with Gasteiger partial charge in [-0.2, -0.15) is 0 Å². The van der Waals surface area contributed by atoms with Crippen LogP contribution in [0.5, 0.6) is 0 Å². The predicted molar refractivity (Wildman–Crippen MR) is 76.7 cm³/mol. The lowest BCUT2D eigenvalue weighted by molar-refractivity contribution is -0.129. The van der Waals surface area contributed by atoms with E-state index in [9.17, 15) is 9.59 Å². The van der Waals surface area contributed by atoms with E-state index in [4.69, 9.17) is 0 Å². The fourth-order valence-corrected chi connectivity index (χ4v) is 3.06. The summed E-state index contributed by atoms with van der Waals surface area (Å²) < 4.78 is 0. The van der Waals surface area contributed by atoms with Crippen LogP contribution >= 0.6 is 11.3 Å². The van der Waals surface area contributed by atoms with Crippen LogP contribution in [-0.2, 0) is 11.2 Å². The summed E-state index contributed by atoms with van der Waals surface area (Å²) in [5.74, 6) is 0.229. The van der Waals surface area contributed by atoms with Gasteiger partial charge in [0.25, 0.3) is 0 Å². The highest BCUT2D eigenvalue weighted by Crippen LogP contribution is 2.18. The van der Waals surface area contributed by atoms with Gasteiger partial charge in [-0.25, -0.2) is 0 Å². The summed E-state index contributed by atoms with van der Waals surface area (Å²) in [6.07, 6.45) is 1.89. The van der Waals surface area contributed by atoms with Gasteiger partial charge in [0.1, 0.15) is 0 Å². The SMILES string of the molecule is CCc1ccc(C(=O)CN2CCCN(C)C(=O)C2)s1. The molecule has 0 spiro atoms. The number of aryl methyl sites for hydroxylation is 1. The van der Waals surface area contributed by atoms with Gasteiger partial charge in [0.05, 0.1) is 18.0 Å². The first-order valence-corrected chi connectivity index (χ1v) is 7.50. The van der Waals surface area contributed by atoms with Gasteiger partial charge in [-0.05, 0) is 25.0 Å². The van der Waals surface area contributed by atoms with Gasteiger partial charge in [0, 0.05) is 25.0 Å². The number of carbonyl (C=O) groups is 2. The first-order chi connectivity index (χ1) is 9.10. The molecule has 2 heterocycles. The number of carbonyl (C=O) groups excluding carboxylic acids is 2. The van der Waals surface area contributed by atoms with E-state index in [0.29, 0.717) is 13.1 Å². The normalized spacial score (nSPS) is 17.6. The molecule has 5 heteroatoms. The Balaban J connectivity index is 1.96. The first-order valence-electron chi connectivity index (χ1n) is 6.68. The summed E-state index contributed by atoms with van der Waals surface area (Å²) >= 11 is 1.56. The number of hydrogen-bond donors (Lipinski definition) is 0. The Labute approximate surface area is 118 Å². The molecular formula is C14H20N2O2S. The highest BCUT2D eigenvalue weighted by Gasteiger charge is 2.21. The van der Waals surface area contributed by atoms with Crippen molar-refractivity contribution < 1.29 is 9.59 Å². The molecule has 2 rings (SSSR count). The Morgan fingerprint density at radius 1 is 1.37 bits per heavy atom. The zero-order valence-electron chi connectivity index (χ0n) is 11.5. The van der Waals surface area contributed by atoms with E-state index in [1.54, 1.807) is 16.2 Å². The number of ketones is 1. The molecule has 1 aliphatic heterocycles. The van der Waals surface area contributed by atoms with Crippen LogP contribution in [0.3, 0.4) is 0 Å². The molecule has 0 unspecified atom stereocenters. The van der Waals surface area contributed by atoms with E-state index in [1.807, 2.05) is 24.1 Å². The van der Waals surface area contributed by atoms with Crippen molar-refractivity contribution in [2.45, 2.75) is 19.8 Å². The topological polar surface area (TPSA) is 40.6 Å². The van der Waals surface area contributed by atoms with E-state index in [1.165, 1.54) is 4.88 Å². The molecule has 19 heavy (non-hydrogen) atoms. The van der Waals surface area contributed by atoms with Crippen molar-refractivity contribution in [3.05, 3.63) is 21.9 Å². The number of hydrogen-bond acceptors (Lipinski definition) is 4. The van der Waals surface area contributed by atoms with Gasteiger partial charge >= 0.3 is 0 Å². The second-order valence-electron chi connectivity index (χ2n) is 4.92. The summed E-state index contributed by atoms with van der Waals surface area (Å²) in [6.45, 7) is 4.39. The largest absolute Gasteiger partial charge is 0.345 e. The van der Waals surface area contributed by atoms with Crippen molar-refractivity contribution in [3.8, 4) is 0 Å². The van der Waals surface area contributed by atoms with E-state index in [2.05, 4.69) is 6.92 Å². The second-order valence-corrected chi connectivity index (χ2v) is 6.09. The van der Waals surface area contributed by atoms with Crippen LogP contribution < -0.4 is 0 Å². The number of thiophene rings is 1. The molecule has 0 atom stereocenters. The molecule has 1 aliphatic rings. The van der Waals surface area contributed by atoms with Crippen LogP contribution in [0, 0.1) is 0 Å². The standard InChI is InChI=1S/C14H20N2O2S/c1-3-11-5-6-13(19-11)12(17)9-16-8-4-7-15(2)14(18)10-16/h5-6H,3-4,7-10H2,1-2H3. The van der Waals surface area contributed by atoms with Crippen molar-refractivity contribution in [3.63, 3.8) is 0 Å². The Morgan fingerprint density at radius 3 is 2.84 bits per heavy atom. The monoisotopic (exact) mass is 280 g/mol. The fraction of sp³-hybridized carbons (Fsp3) is 0.571. The van der Waals surface area contributed by atoms with Crippen LogP contribution in [0.25, 0.3) is 0 Å². The zero-order valence-corrected chi connectivity index (χ0v) is 12.3. The molecule has 1 aromatic rings. The van der Waals surface area contributed by atoms with Crippen LogP contribution in [0.2, 0.25) is 0 Å². The number of amides is 1. The minimum atomic E-state index is 0.103. The van der Waals surface area contributed by atoms with Gasteiger partial charge in [-0.15, -0.1) is 11.3 Å². The summed E-state index contributed by atoms with van der Waals surface area (Å²) in [5.41, 5.74) is 0. The molecule has 0 saturated carbocycles. The number of Topliss-reactive ketones (excluding diaryl/α,β-unsaturated/α-hetero) is 1. The number of nitrogens with zero attached hydrogens (tertiary/aromatic N) is 2. The third-order valence-corrected chi connectivity index (χ3v) is 4.68. The van der Waals surface area contributed by atoms with E-state index < -0.39 is 0 Å². The summed E-state index contributed by atoms with van der Waals surface area (Å²) in [6, 6.07) is 3.91. The Kier molecular flexibility index (Phi) is 4.71. The second kappa shape index (κ2) is 6.30. The maximum Gasteiger partial charge on any atom is 0.236 e. The molecule has 1 saturated heterocycles. The molecule has 1 amide bonds. The maximum atomic E-state index is 12.2. The highest BCUT2D eigenvalue weighted by molar-refractivity contribution is 7.14. The maximum absolute atomic E-state index is 12.2. The lowest BCUT2D eigenvalue weighted by Gasteiger charge is -2.17. The molecule has 0 radical (unpaired) electrons. The van der Waals surface area contributed by atoms with Gasteiger partial charge < -0.3 is 4.90 Å². The molecule has 0 bridgehead atoms. The van der Waals surface area contributed by atoms with Gasteiger partial charge in [-0.3, -0.25) is 14.5 Å². The van der Waals surface area contributed by atoms with E-state index in [-0.39, 0.29) is 11.7 Å². The van der Waals surface area contributed by atoms with Crippen LogP contribution in [0.4, 0.5) is 0 Å². The Morgan fingerprint density at radius 2 is 2.16 bits per heavy atom. The van der Waals surface area contributed by atoms with Crippen molar-refractivity contribution in [2.24, 2.45) is 0 Å². The highest BCUT2D eigenvalue weighted by atomic mass is 32.1. The number of likely N-dealkylation sites (N-methyl/N-ethyl adjacent to an activating group) is 1. The number of rotatable bonds is 4. The zero-order chi connectivity index (χ0) is 13.8. The third-order valence-electron chi connectivity index (χ3n) is 3.40. The molecule has 1 fully saturated rings. The summed E-state index contributed by atoms with van der Waals surface area (Å²) in [4.78, 5) is 29.7. The average Bonchev–Trinajstić information content (AvgIpc) is 2.81. The average molecular weight is 280 g/mol. The van der Waals surface area contributed by atoms with Crippen molar-refractivity contribution in [2.75, 3.05) is 33.2 Å². The Hall–Kier alpha value is -1.20. The minimum absolute atomic E-state index is 0.103. The van der Waals surface area contributed by atoms with Crippen LogP contribution in [0.15, 0.2) is 12.1 Å². The van der Waals surface area contributed by atoms with Crippen LogP contribution in [0.1, 0.15) is 27.9 Å². The van der Waals surface area contributed by atoms with E-state index >= 15 is 0 Å². The first kappa shape index (κ1) is 14.2. The molecule has 0 aliphatic carbocycles. The lowest BCUT2D eigenvalue weighted by Crippen LogP contribution is -2.37. The van der Waals surface area contributed by atoms with Crippen molar-refractivity contribution >= 4 is 23.0 Å². The van der Waals surface area contributed by atoms with Crippen molar-refractivity contribution in [1.29, 1.82) is 0 Å². The predicted octanol–water partition coefficient (Wildman–Crippen LogP) is 1.66. The lowest BCUT2D eigenvalue weighted by atomic mass is 10.2.